The Labute approximate surface area is 160 Å². The lowest BCUT2D eigenvalue weighted by Crippen LogP contribution is -2.13. The molecular weight excluding hydrogens is 372 g/mol. The van der Waals surface area contributed by atoms with Crippen LogP contribution in [-0.2, 0) is 16.5 Å². The first-order valence-electron chi connectivity index (χ1n) is 8.16. The Hall–Kier alpha value is -1.93. The van der Waals surface area contributed by atoms with Crippen LogP contribution in [0.25, 0.3) is 11.4 Å². The smallest absolute Gasteiger partial charge is 0.191 e. The Morgan fingerprint density at radius 1 is 1.23 bits per heavy atom. The molecule has 1 aliphatic rings. The number of aromatic nitrogens is 4. The van der Waals surface area contributed by atoms with Crippen molar-refractivity contribution in [2.45, 2.75) is 17.6 Å². The van der Waals surface area contributed by atoms with Crippen LogP contribution in [0, 0.1) is 0 Å². The van der Waals surface area contributed by atoms with Gasteiger partial charge in [0.05, 0.1) is 12.7 Å². The maximum Gasteiger partial charge on any atom is 0.191 e. The Kier molecular flexibility index (Phi) is 5.21. The van der Waals surface area contributed by atoms with Gasteiger partial charge < -0.3 is 14.0 Å². The molecule has 6 nitrogen and oxygen atoms in total. The second-order valence-electron chi connectivity index (χ2n) is 5.89. The molecule has 0 saturated carbocycles. The summed E-state index contributed by atoms with van der Waals surface area (Å²) in [6.45, 7) is 0.549. The van der Waals surface area contributed by atoms with Gasteiger partial charge in [-0.3, -0.25) is 4.98 Å². The molecule has 1 aliphatic heterocycles. The molecular formula is C18H17ClN4O2S. The second-order valence-corrected chi connectivity index (χ2v) is 7.32. The minimum atomic E-state index is -0.344. The normalized spacial score (nSPS) is 19.8. The van der Waals surface area contributed by atoms with Crippen LogP contribution in [0.3, 0.4) is 0 Å². The molecule has 134 valence electrons. The lowest BCUT2D eigenvalue weighted by atomic mass is 10.2. The van der Waals surface area contributed by atoms with Gasteiger partial charge in [0.25, 0.3) is 0 Å². The van der Waals surface area contributed by atoms with Gasteiger partial charge in [0, 0.05) is 41.3 Å². The molecule has 1 aromatic carbocycles. The van der Waals surface area contributed by atoms with Crippen molar-refractivity contribution in [3.05, 3.63) is 59.4 Å². The lowest BCUT2D eigenvalue weighted by molar-refractivity contribution is -0.0565. The van der Waals surface area contributed by atoms with E-state index in [1.165, 1.54) is 0 Å². The largest absolute Gasteiger partial charge is 0.346 e. The fourth-order valence-electron chi connectivity index (χ4n) is 2.68. The average molecular weight is 389 g/mol. The molecule has 8 heteroatoms. The lowest BCUT2D eigenvalue weighted by Gasteiger charge is -2.11. The molecule has 2 aromatic heterocycles. The summed E-state index contributed by atoms with van der Waals surface area (Å²) in [6, 6.07) is 11.4. The van der Waals surface area contributed by atoms with Gasteiger partial charge in [0.1, 0.15) is 0 Å². The molecule has 0 spiro atoms. The third-order valence-electron chi connectivity index (χ3n) is 4.04. The molecule has 26 heavy (non-hydrogen) atoms. The van der Waals surface area contributed by atoms with Crippen molar-refractivity contribution in [3.8, 4) is 11.4 Å². The maximum atomic E-state index is 5.99. The van der Waals surface area contributed by atoms with E-state index in [4.69, 9.17) is 21.1 Å². The summed E-state index contributed by atoms with van der Waals surface area (Å²) in [4.78, 5) is 4.13. The number of hydrogen-bond acceptors (Lipinski definition) is 6. The van der Waals surface area contributed by atoms with Gasteiger partial charge in [-0.1, -0.05) is 35.5 Å². The van der Waals surface area contributed by atoms with E-state index < -0.39 is 0 Å². The molecule has 3 heterocycles. The third-order valence-corrected chi connectivity index (χ3v) is 5.45. The van der Waals surface area contributed by atoms with E-state index in [1.54, 1.807) is 24.2 Å². The third kappa shape index (κ3) is 3.76. The molecule has 0 aliphatic carbocycles. The van der Waals surface area contributed by atoms with Gasteiger partial charge in [-0.2, -0.15) is 0 Å². The fraction of sp³-hybridized carbons (Fsp3) is 0.278. The first kappa shape index (κ1) is 17.5. The van der Waals surface area contributed by atoms with Gasteiger partial charge in [0.15, 0.2) is 17.3 Å². The monoisotopic (exact) mass is 388 g/mol. The zero-order valence-electron chi connectivity index (χ0n) is 14.1. The van der Waals surface area contributed by atoms with E-state index in [2.05, 4.69) is 15.2 Å². The highest BCUT2D eigenvalue weighted by molar-refractivity contribution is 7.99. The minimum absolute atomic E-state index is 0.000722. The number of nitrogens with zero attached hydrogens (tertiary/aromatic N) is 4. The van der Waals surface area contributed by atoms with Crippen molar-refractivity contribution < 1.29 is 9.47 Å². The topological polar surface area (TPSA) is 62.1 Å². The summed E-state index contributed by atoms with van der Waals surface area (Å²) in [5, 5.41) is 10.1. The van der Waals surface area contributed by atoms with Crippen molar-refractivity contribution in [2.75, 3.05) is 12.4 Å². The standard InChI is InChI=1S/C18H17ClN4O2S/c1-23-16(13-3-2-8-20-9-13)21-22-18(23)26-11-15-10-24-17(25-15)12-4-6-14(19)7-5-12/h2-9,15,17H,10-11H2,1H3/t15-,17-/m1/s1. The van der Waals surface area contributed by atoms with E-state index in [0.29, 0.717) is 11.6 Å². The highest BCUT2D eigenvalue weighted by Crippen LogP contribution is 2.31. The summed E-state index contributed by atoms with van der Waals surface area (Å²) in [6.07, 6.45) is 3.18. The number of hydrogen-bond donors (Lipinski definition) is 0. The summed E-state index contributed by atoms with van der Waals surface area (Å²) >= 11 is 7.52. The van der Waals surface area contributed by atoms with Crippen LogP contribution in [0.5, 0.6) is 0 Å². The van der Waals surface area contributed by atoms with Gasteiger partial charge >= 0.3 is 0 Å². The number of rotatable bonds is 5. The van der Waals surface area contributed by atoms with Gasteiger partial charge in [-0.05, 0) is 24.3 Å². The molecule has 1 saturated heterocycles. The Morgan fingerprint density at radius 2 is 2.08 bits per heavy atom. The quantitative estimate of drug-likeness (QED) is 0.620. The van der Waals surface area contributed by atoms with Crippen LogP contribution < -0.4 is 0 Å². The molecule has 0 amide bonds. The summed E-state index contributed by atoms with van der Waals surface area (Å²) < 4.78 is 13.7. The number of pyridine rings is 1. The maximum absolute atomic E-state index is 5.99. The first-order chi connectivity index (χ1) is 12.7. The Morgan fingerprint density at radius 3 is 2.85 bits per heavy atom. The predicted octanol–water partition coefficient (Wildman–Crippen LogP) is 3.74. The van der Waals surface area contributed by atoms with Crippen molar-refractivity contribution >= 4 is 23.4 Å². The van der Waals surface area contributed by atoms with Crippen LogP contribution in [0.1, 0.15) is 11.9 Å². The first-order valence-corrected chi connectivity index (χ1v) is 9.52. The summed E-state index contributed by atoms with van der Waals surface area (Å²) in [5.41, 5.74) is 1.91. The van der Waals surface area contributed by atoms with E-state index in [1.807, 2.05) is 48.0 Å². The molecule has 0 N–H and O–H groups in total. The highest BCUT2D eigenvalue weighted by atomic mass is 35.5. The van der Waals surface area contributed by atoms with Crippen molar-refractivity contribution in [1.82, 2.24) is 19.7 Å². The molecule has 0 unspecified atom stereocenters. The summed E-state index contributed by atoms with van der Waals surface area (Å²) in [5.74, 6) is 1.53. The molecule has 1 fully saturated rings. The SMILES string of the molecule is Cn1c(SC[C@H]2CO[C@@H](c3ccc(Cl)cc3)O2)nnc1-c1cccnc1. The summed E-state index contributed by atoms with van der Waals surface area (Å²) in [7, 11) is 1.95. The Bertz CT molecular complexity index is 873. The van der Waals surface area contributed by atoms with Gasteiger partial charge in [-0.25, -0.2) is 0 Å². The minimum Gasteiger partial charge on any atom is -0.346 e. The van der Waals surface area contributed by atoms with Crippen molar-refractivity contribution in [1.29, 1.82) is 0 Å². The molecule has 0 radical (unpaired) electrons. The van der Waals surface area contributed by atoms with Crippen molar-refractivity contribution in [2.24, 2.45) is 7.05 Å². The van der Waals surface area contributed by atoms with E-state index in [9.17, 15) is 0 Å². The van der Waals surface area contributed by atoms with E-state index in [0.717, 1.165) is 27.9 Å². The van der Waals surface area contributed by atoms with Crippen LogP contribution in [0.2, 0.25) is 5.02 Å². The Balaban J connectivity index is 1.37. The number of benzene rings is 1. The van der Waals surface area contributed by atoms with Crippen LogP contribution in [-0.4, -0.2) is 38.2 Å². The zero-order valence-corrected chi connectivity index (χ0v) is 15.7. The highest BCUT2D eigenvalue weighted by Gasteiger charge is 2.28. The van der Waals surface area contributed by atoms with E-state index in [-0.39, 0.29) is 12.4 Å². The predicted molar refractivity (Wildman–Crippen MR) is 100.0 cm³/mol. The number of thioether (sulfide) groups is 1. The average Bonchev–Trinajstić information content (AvgIpc) is 3.28. The van der Waals surface area contributed by atoms with Gasteiger partial charge in [0.2, 0.25) is 0 Å². The second kappa shape index (κ2) is 7.75. The van der Waals surface area contributed by atoms with Crippen LogP contribution in [0.15, 0.2) is 53.9 Å². The molecule has 2 atom stereocenters. The van der Waals surface area contributed by atoms with Crippen molar-refractivity contribution in [3.63, 3.8) is 0 Å². The number of ether oxygens (including phenoxy) is 2. The zero-order chi connectivity index (χ0) is 17.9. The number of halogens is 1. The van der Waals surface area contributed by atoms with E-state index >= 15 is 0 Å². The fourth-order valence-corrected chi connectivity index (χ4v) is 3.70. The van der Waals surface area contributed by atoms with Gasteiger partial charge in [-0.15, -0.1) is 10.2 Å². The molecule has 0 bridgehead atoms. The molecule has 3 aromatic rings. The van der Waals surface area contributed by atoms with Crippen LogP contribution >= 0.6 is 23.4 Å². The van der Waals surface area contributed by atoms with Crippen LogP contribution in [0.4, 0.5) is 0 Å². The molecule has 4 rings (SSSR count).